The van der Waals surface area contributed by atoms with Gasteiger partial charge in [0.1, 0.15) is 6.10 Å². The summed E-state index contributed by atoms with van der Waals surface area (Å²) in [6.45, 7) is 4.35. The van der Waals surface area contributed by atoms with Gasteiger partial charge in [-0.3, -0.25) is 4.79 Å². The highest BCUT2D eigenvalue weighted by Crippen LogP contribution is 2.48. The van der Waals surface area contributed by atoms with E-state index in [0.717, 1.165) is 6.42 Å². The Morgan fingerprint density at radius 2 is 1.44 bits per heavy atom. The van der Waals surface area contributed by atoms with Gasteiger partial charge in [-0.15, -0.1) is 0 Å². The van der Waals surface area contributed by atoms with Crippen LogP contribution in [0.25, 0.3) is 0 Å². The number of aliphatic hydroxyl groups is 1. The molecular formula is C16H24F6O3. The summed E-state index contributed by atoms with van der Waals surface area (Å²) >= 11 is 0. The van der Waals surface area contributed by atoms with Crippen LogP contribution in [0.3, 0.4) is 0 Å². The van der Waals surface area contributed by atoms with E-state index in [1.807, 2.05) is 0 Å². The summed E-state index contributed by atoms with van der Waals surface area (Å²) in [5, 5.41) is 9.46. The zero-order chi connectivity index (χ0) is 19.7. The molecule has 0 radical (unpaired) electrons. The van der Waals surface area contributed by atoms with E-state index in [0.29, 0.717) is 25.7 Å². The second-order valence-corrected chi connectivity index (χ2v) is 7.65. The number of hydrogen-bond donors (Lipinski definition) is 1. The van der Waals surface area contributed by atoms with E-state index in [2.05, 4.69) is 0 Å². The van der Waals surface area contributed by atoms with Gasteiger partial charge in [0.15, 0.2) is 0 Å². The quantitative estimate of drug-likeness (QED) is 0.566. The highest BCUT2D eigenvalue weighted by atomic mass is 19.4. The SMILES string of the molecule is CC(C)(C)C(=O)OC(CC(O)(C(F)(F)F)C(F)(F)F)C1CCCCC1. The molecule has 1 unspecified atom stereocenters. The molecule has 1 atom stereocenters. The molecule has 0 aliphatic heterocycles. The lowest BCUT2D eigenvalue weighted by atomic mass is 9.80. The van der Waals surface area contributed by atoms with Gasteiger partial charge in [0.05, 0.1) is 5.41 Å². The summed E-state index contributed by atoms with van der Waals surface area (Å²) in [6, 6.07) is 0. The normalized spacial score (nSPS) is 19.6. The van der Waals surface area contributed by atoms with Gasteiger partial charge in [-0.05, 0) is 39.5 Å². The standard InChI is InChI=1S/C16H24F6O3/c1-13(2,3)12(23)25-11(10-7-5-4-6-8-10)9-14(24,15(17,18)19)16(20,21)22/h10-11,24H,4-9H2,1-3H3. The molecule has 0 bridgehead atoms. The molecule has 0 heterocycles. The lowest BCUT2D eigenvalue weighted by Crippen LogP contribution is -2.59. The molecule has 148 valence electrons. The van der Waals surface area contributed by atoms with E-state index in [-0.39, 0.29) is 0 Å². The van der Waals surface area contributed by atoms with Crippen LogP contribution in [-0.2, 0) is 9.53 Å². The number of rotatable bonds is 4. The predicted molar refractivity (Wildman–Crippen MR) is 77.6 cm³/mol. The molecule has 3 nitrogen and oxygen atoms in total. The number of esters is 1. The summed E-state index contributed by atoms with van der Waals surface area (Å²) in [4.78, 5) is 12.0. The van der Waals surface area contributed by atoms with E-state index >= 15 is 0 Å². The lowest BCUT2D eigenvalue weighted by molar-refractivity contribution is -0.375. The third kappa shape index (κ3) is 5.24. The van der Waals surface area contributed by atoms with Gasteiger partial charge in [-0.1, -0.05) is 19.3 Å². The van der Waals surface area contributed by atoms with Gasteiger partial charge < -0.3 is 9.84 Å². The number of alkyl halides is 6. The van der Waals surface area contributed by atoms with Crippen molar-refractivity contribution in [3.8, 4) is 0 Å². The molecule has 1 aliphatic carbocycles. The Labute approximate surface area is 142 Å². The molecule has 0 aromatic carbocycles. The van der Waals surface area contributed by atoms with E-state index in [9.17, 15) is 36.2 Å². The molecule has 1 N–H and O–H groups in total. The zero-order valence-corrected chi connectivity index (χ0v) is 14.4. The lowest BCUT2D eigenvalue weighted by Gasteiger charge is -2.39. The Morgan fingerprint density at radius 1 is 1.00 bits per heavy atom. The Kier molecular flexibility index (Phi) is 6.46. The van der Waals surface area contributed by atoms with Crippen LogP contribution in [0, 0.1) is 11.3 Å². The average Bonchev–Trinajstić information content (AvgIpc) is 2.43. The van der Waals surface area contributed by atoms with Crippen LogP contribution < -0.4 is 0 Å². The minimum atomic E-state index is -5.92. The Hall–Kier alpha value is -0.990. The molecule has 1 fully saturated rings. The smallest absolute Gasteiger partial charge is 0.426 e. The second kappa shape index (κ2) is 7.32. The first-order valence-corrected chi connectivity index (χ1v) is 8.16. The molecule has 0 saturated heterocycles. The molecule has 0 aromatic heterocycles. The molecule has 25 heavy (non-hydrogen) atoms. The molecule has 0 spiro atoms. The van der Waals surface area contributed by atoms with Crippen molar-refractivity contribution in [1.82, 2.24) is 0 Å². The summed E-state index contributed by atoms with van der Waals surface area (Å²) in [5.41, 5.74) is -6.00. The van der Waals surface area contributed by atoms with Crippen molar-refractivity contribution in [2.45, 2.75) is 83.4 Å². The van der Waals surface area contributed by atoms with Crippen molar-refractivity contribution in [2.75, 3.05) is 0 Å². The number of carbonyl (C=O) groups is 1. The fourth-order valence-electron chi connectivity index (χ4n) is 2.81. The number of ether oxygens (including phenoxy) is 1. The average molecular weight is 378 g/mol. The summed E-state index contributed by atoms with van der Waals surface area (Å²) in [5.74, 6) is -1.54. The molecule has 1 saturated carbocycles. The summed E-state index contributed by atoms with van der Waals surface area (Å²) < 4.78 is 83.0. The first-order valence-electron chi connectivity index (χ1n) is 8.16. The summed E-state index contributed by atoms with van der Waals surface area (Å²) in [6.07, 6.45) is -12.5. The number of hydrogen-bond acceptors (Lipinski definition) is 3. The van der Waals surface area contributed by atoms with Gasteiger partial charge in [0, 0.05) is 6.42 Å². The highest BCUT2D eigenvalue weighted by Gasteiger charge is 2.71. The van der Waals surface area contributed by atoms with Crippen molar-refractivity contribution in [1.29, 1.82) is 0 Å². The maximum atomic E-state index is 13.0. The van der Waals surface area contributed by atoms with E-state index in [1.54, 1.807) is 0 Å². The fraction of sp³-hybridized carbons (Fsp3) is 0.938. The molecule has 1 rings (SSSR count). The van der Waals surface area contributed by atoms with Crippen molar-refractivity contribution in [3.63, 3.8) is 0 Å². The Morgan fingerprint density at radius 3 is 1.80 bits per heavy atom. The molecule has 1 aliphatic rings. The van der Waals surface area contributed by atoms with Crippen molar-refractivity contribution in [2.24, 2.45) is 11.3 Å². The van der Waals surface area contributed by atoms with Gasteiger partial charge in [0.25, 0.3) is 5.60 Å². The number of carbonyl (C=O) groups excluding carboxylic acids is 1. The van der Waals surface area contributed by atoms with Gasteiger partial charge in [-0.2, -0.15) is 26.3 Å². The first-order chi connectivity index (χ1) is 11.1. The van der Waals surface area contributed by atoms with Crippen LogP contribution in [0.5, 0.6) is 0 Å². The Balaban J connectivity index is 3.15. The van der Waals surface area contributed by atoms with Crippen LogP contribution in [0.15, 0.2) is 0 Å². The van der Waals surface area contributed by atoms with Crippen molar-refractivity contribution in [3.05, 3.63) is 0 Å². The maximum absolute atomic E-state index is 13.0. The van der Waals surface area contributed by atoms with E-state index in [4.69, 9.17) is 4.74 Å². The van der Waals surface area contributed by atoms with Crippen molar-refractivity contribution < 1.29 is 41.0 Å². The van der Waals surface area contributed by atoms with E-state index in [1.165, 1.54) is 20.8 Å². The summed E-state index contributed by atoms with van der Waals surface area (Å²) in [7, 11) is 0. The van der Waals surface area contributed by atoms with Gasteiger partial charge >= 0.3 is 18.3 Å². The monoisotopic (exact) mass is 378 g/mol. The van der Waals surface area contributed by atoms with Crippen LogP contribution in [0.4, 0.5) is 26.3 Å². The second-order valence-electron chi connectivity index (χ2n) is 7.65. The minimum absolute atomic E-state index is 0.355. The Bertz CT molecular complexity index is 444. The zero-order valence-electron chi connectivity index (χ0n) is 14.4. The highest BCUT2D eigenvalue weighted by molar-refractivity contribution is 5.75. The van der Waals surface area contributed by atoms with Crippen LogP contribution in [-0.4, -0.2) is 35.1 Å². The molecule has 9 heteroatoms. The fourth-order valence-corrected chi connectivity index (χ4v) is 2.81. The van der Waals surface area contributed by atoms with E-state index < -0.39 is 47.8 Å². The minimum Gasteiger partial charge on any atom is -0.462 e. The largest absolute Gasteiger partial charge is 0.462 e. The van der Waals surface area contributed by atoms with Crippen molar-refractivity contribution >= 4 is 5.97 Å². The van der Waals surface area contributed by atoms with Crippen LogP contribution in [0.2, 0.25) is 0 Å². The third-order valence-electron chi connectivity index (χ3n) is 4.48. The predicted octanol–water partition coefficient (Wildman–Crippen LogP) is 4.77. The van der Waals surface area contributed by atoms with Gasteiger partial charge in [-0.25, -0.2) is 0 Å². The number of halogens is 6. The van der Waals surface area contributed by atoms with Gasteiger partial charge in [0.2, 0.25) is 0 Å². The van der Waals surface area contributed by atoms with Crippen LogP contribution in [0.1, 0.15) is 59.3 Å². The third-order valence-corrected chi connectivity index (χ3v) is 4.48. The molecule has 0 aromatic rings. The first kappa shape index (κ1) is 22.1. The molecule has 0 amide bonds. The topological polar surface area (TPSA) is 46.5 Å². The van der Waals surface area contributed by atoms with Crippen LogP contribution >= 0.6 is 0 Å². The molecular weight excluding hydrogens is 354 g/mol. The maximum Gasteiger partial charge on any atom is 0.426 e.